The normalized spacial score (nSPS) is 17.2. The van der Waals surface area contributed by atoms with E-state index in [4.69, 9.17) is 0 Å². The van der Waals surface area contributed by atoms with E-state index in [1.165, 1.54) is 16.2 Å². The molecule has 3 aromatic rings. The second kappa shape index (κ2) is 8.65. The van der Waals surface area contributed by atoms with Gasteiger partial charge < -0.3 is 4.90 Å². The summed E-state index contributed by atoms with van der Waals surface area (Å²) in [6, 6.07) is 17.6. The van der Waals surface area contributed by atoms with E-state index in [1.807, 2.05) is 61.5 Å². The molecule has 1 aliphatic rings. The molecule has 1 fully saturated rings. The lowest BCUT2D eigenvalue weighted by Crippen LogP contribution is -2.35. The van der Waals surface area contributed by atoms with Gasteiger partial charge in [0.2, 0.25) is 16.9 Å². The SMILES string of the molecule is CC(c1ccccc1)N1CC(C(=O)N(C)c2nnc(-c3ccc(Br)cc3)s2)CC1=O. The predicted octanol–water partition coefficient (Wildman–Crippen LogP) is 4.54. The summed E-state index contributed by atoms with van der Waals surface area (Å²) in [5, 5.41) is 9.69. The van der Waals surface area contributed by atoms with Gasteiger partial charge in [-0.05, 0) is 24.6 Å². The molecule has 2 unspecified atom stereocenters. The summed E-state index contributed by atoms with van der Waals surface area (Å²) >= 11 is 4.78. The van der Waals surface area contributed by atoms with Crippen LogP contribution >= 0.6 is 27.3 Å². The second-order valence-corrected chi connectivity index (χ2v) is 9.20. The molecule has 0 spiro atoms. The van der Waals surface area contributed by atoms with Gasteiger partial charge in [0.15, 0.2) is 0 Å². The Labute approximate surface area is 187 Å². The first kappa shape index (κ1) is 20.7. The summed E-state index contributed by atoms with van der Waals surface area (Å²) in [6.45, 7) is 2.41. The van der Waals surface area contributed by atoms with Crippen LogP contribution < -0.4 is 4.90 Å². The van der Waals surface area contributed by atoms with E-state index in [0.717, 1.165) is 20.6 Å². The third-order valence-electron chi connectivity index (χ3n) is 5.38. The topological polar surface area (TPSA) is 66.4 Å². The van der Waals surface area contributed by atoms with Crippen LogP contribution in [0, 0.1) is 5.92 Å². The van der Waals surface area contributed by atoms with E-state index in [0.29, 0.717) is 11.7 Å². The summed E-state index contributed by atoms with van der Waals surface area (Å²) in [5.74, 6) is -0.482. The molecule has 154 valence electrons. The van der Waals surface area contributed by atoms with Crippen molar-refractivity contribution in [1.82, 2.24) is 15.1 Å². The quantitative estimate of drug-likeness (QED) is 0.532. The van der Waals surface area contributed by atoms with Gasteiger partial charge in [0, 0.05) is 30.0 Å². The second-order valence-electron chi connectivity index (χ2n) is 7.33. The summed E-state index contributed by atoms with van der Waals surface area (Å²) in [4.78, 5) is 29.0. The average Bonchev–Trinajstić information content (AvgIpc) is 3.40. The Morgan fingerprint density at radius 3 is 2.57 bits per heavy atom. The molecule has 4 rings (SSSR count). The molecule has 0 saturated carbocycles. The number of rotatable bonds is 5. The van der Waals surface area contributed by atoms with Crippen LogP contribution in [0.3, 0.4) is 0 Å². The lowest BCUT2D eigenvalue weighted by molar-refractivity contribution is -0.130. The summed E-state index contributed by atoms with van der Waals surface area (Å²) < 4.78 is 0.989. The van der Waals surface area contributed by atoms with E-state index in [1.54, 1.807) is 11.9 Å². The molecule has 2 aromatic carbocycles. The fourth-order valence-electron chi connectivity index (χ4n) is 3.61. The molecule has 1 aromatic heterocycles. The van der Waals surface area contributed by atoms with Crippen molar-refractivity contribution in [3.63, 3.8) is 0 Å². The highest BCUT2D eigenvalue weighted by Crippen LogP contribution is 2.32. The number of hydrogen-bond acceptors (Lipinski definition) is 5. The monoisotopic (exact) mass is 484 g/mol. The number of aromatic nitrogens is 2. The number of halogens is 1. The predicted molar refractivity (Wildman–Crippen MR) is 121 cm³/mol. The first-order chi connectivity index (χ1) is 14.4. The minimum absolute atomic E-state index is 0.00548. The Morgan fingerprint density at radius 2 is 1.87 bits per heavy atom. The maximum absolute atomic E-state index is 13.1. The lowest BCUT2D eigenvalue weighted by Gasteiger charge is -2.25. The summed E-state index contributed by atoms with van der Waals surface area (Å²) in [6.07, 6.45) is 0.221. The van der Waals surface area contributed by atoms with Gasteiger partial charge in [-0.3, -0.25) is 14.5 Å². The number of benzene rings is 2. The molecule has 0 aliphatic carbocycles. The van der Waals surface area contributed by atoms with Gasteiger partial charge in [-0.15, -0.1) is 10.2 Å². The molecule has 0 radical (unpaired) electrons. The molecule has 6 nitrogen and oxygen atoms in total. The fraction of sp³-hybridized carbons (Fsp3) is 0.273. The first-order valence-electron chi connectivity index (χ1n) is 9.65. The molecule has 0 bridgehead atoms. The Hall–Kier alpha value is -2.58. The van der Waals surface area contributed by atoms with Gasteiger partial charge in [-0.25, -0.2) is 0 Å². The van der Waals surface area contributed by atoms with Crippen LogP contribution in [0.1, 0.15) is 24.9 Å². The molecule has 30 heavy (non-hydrogen) atoms. The molecular weight excluding hydrogens is 464 g/mol. The number of hydrogen-bond donors (Lipinski definition) is 0. The van der Waals surface area contributed by atoms with E-state index in [-0.39, 0.29) is 30.2 Å². The van der Waals surface area contributed by atoms with E-state index < -0.39 is 0 Å². The zero-order valence-corrected chi connectivity index (χ0v) is 19.1. The highest BCUT2D eigenvalue weighted by Gasteiger charge is 2.38. The Kier molecular flexibility index (Phi) is 5.97. The molecule has 0 N–H and O–H groups in total. The van der Waals surface area contributed by atoms with E-state index in [2.05, 4.69) is 26.1 Å². The van der Waals surface area contributed by atoms with Crippen LogP contribution in [0.4, 0.5) is 5.13 Å². The van der Waals surface area contributed by atoms with Gasteiger partial charge in [0.1, 0.15) is 5.01 Å². The van der Waals surface area contributed by atoms with Gasteiger partial charge in [0.05, 0.1) is 12.0 Å². The third kappa shape index (κ3) is 4.15. The number of amides is 2. The largest absolute Gasteiger partial charge is 0.335 e. The van der Waals surface area contributed by atoms with Crippen LogP contribution in [0.25, 0.3) is 10.6 Å². The van der Waals surface area contributed by atoms with Crippen molar-refractivity contribution in [2.45, 2.75) is 19.4 Å². The first-order valence-corrected chi connectivity index (χ1v) is 11.3. The minimum atomic E-state index is -0.381. The van der Waals surface area contributed by atoms with Crippen LogP contribution in [-0.4, -0.2) is 40.5 Å². The lowest BCUT2D eigenvalue weighted by atomic mass is 10.1. The molecule has 1 aliphatic heterocycles. The highest BCUT2D eigenvalue weighted by atomic mass is 79.9. The number of carbonyl (C=O) groups excluding carboxylic acids is 2. The van der Waals surface area contributed by atoms with Crippen LogP contribution in [0.2, 0.25) is 0 Å². The fourth-order valence-corrected chi connectivity index (χ4v) is 4.69. The Bertz CT molecular complexity index is 1050. The Balaban J connectivity index is 1.46. The molecule has 2 amide bonds. The maximum Gasteiger partial charge on any atom is 0.233 e. The van der Waals surface area contributed by atoms with Crippen molar-refractivity contribution >= 4 is 44.2 Å². The van der Waals surface area contributed by atoms with E-state index >= 15 is 0 Å². The number of likely N-dealkylation sites (tertiary alicyclic amines) is 1. The zero-order chi connectivity index (χ0) is 21.3. The van der Waals surface area contributed by atoms with E-state index in [9.17, 15) is 9.59 Å². The van der Waals surface area contributed by atoms with Crippen LogP contribution in [0.15, 0.2) is 59.1 Å². The van der Waals surface area contributed by atoms with Crippen molar-refractivity contribution in [1.29, 1.82) is 0 Å². The zero-order valence-electron chi connectivity index (χ0n) is 16.7. The molecule has 2 heterocycles. The molecule has 1 saturated heterocycles. The van der Waals surface area contributed by atoms with Gasteiger partial charge in [-0.2, -0.15) is 0 Å². The minimum Gasteiger partial charge on any atom is -0.335 e. The van der Waals surface area contributed by atoms with Crippen LogP contribution in [0.5, 0.6) is 0 Å². The van der Waals surface area contributed by atoms with Crippen molar-refractivity contribution < 1.29 is 9.59 Å². The number of anilines is 1. The summed E-state index contributed by atoms with van der Waals surface area (Å²) in [7, 11) is 1.70. The third-order valence-corrected chi connectivity index (χ3v) is 6.96. The molecule has 8 heteroatoms. The summed E-state index contributed by atoms with van der Waals surface area (Å²) in [5.41, 5.74) is 2.01. The van der Waals surface area contributed by atoms with Gasteiger partial charge in [0.25, 0.3) is 0 Å². The van der Waals surface area contributed by atoms with Crippen molar-refractivity contribution in [2.75, 3.05) is 18.5 Å². The van der Waals surface area contributed by atoms with Crippen molar-refractivity contribution in [2.24, 2.45) is 5.92 Å². The average molecular weight is 485 g/mol. The van der Waals surface area contributed by atoms with Gasteiger partial charge in [-0.1, -0.05) is 69.7 Å². The Morgan fingerprint density at radius 1 is 1.17 bits per heavy atom. The number of nitrogens with zero attached hydrogens (tertiary/aromatic N) is 4. The maximum atomic E-state index is 13.1. The van der Waals surface area contributed by atoms with Crippen LogP contribution in [-0.2, 0) is 9.59 Å². The standard InChI is InChI=1S/C22H21BrN4O2S/c1-14(15-6-4-3-5-7-15)27-13-17(12-19(27)28)21(29)26(2)22-25-24-20(30-22)16-8-10-18(23)11-9-16/h3-11,14,17H,12-13H2,1-2H3. The highest BCUT2D eigenvalue weighted by molar-refractivity contribution is 9.10. The van der Waals surface area contributed by atoms with Crippen molar-refractivity contribution in [3.05, 3.63) is 64.6 Å². The molecular formula is C22H21BrN4O2S. The van der Waals surface area contributed by atoms with Gasteiger partial charge >= 0.3 is 0 Å². The van der Waals surface area contributed by atoms with Crippen molar-refractivity contribution in [3.8, 4) is 10.6 Å². The number of carbonyl (C=O) groups is 2. The molecule has 2 atom stereocenters. The smallest absolute Gasteiger partial charge is 0.233 e.